The molecule has 25 heavy (non-hydrogen) atoms. The number of hydrogen-bond acceptors (Lipinski definition) is 2. The van der Waals surface area contributed by atoms with E-state index in [-0.39, 0.29) is 11.0 Å². The van der Waals surface area contributed by atoms with Crippen LogP contribution in [0.3, 0.4) is 0 Å². The summed E-state index contributed by atoms with van der Waals surface area (Å²) in [6.45, 7) is 7.99. The second-order valence-corrected chi connectivity index (χ2v) is 9.59. The van der Waals surface area contributed by atoms with Crippen LogP contribution < -0.4 is 5.32 Å². The molecule has 2 saturated carbocycles. The van der Waals surface area contributed by atoms with Crippen molar-refractivity contribution >= 4 is 0 Å². The van der Waals surface area contributed by atoms with Gasteiger partial charge in [0.1, 0.15) is 5.75 Å². The molecule has 2 nitrogen and oxygen atoms in total. The summed E-state index contributed by atoms with van der Waals surface area (Å²) in [5.74, 6) is 2.69. The lowest BCUT2D eigenvalue weighted by atomic mass is 9.44. The van der Waals surface area contributed by atoms with Crippen molar-refractivity contribution in [3.8, 4) is 5.75 Å². The third kappa shape index (κ3) is 2.19. The number of fused-ring (bicyclic) bond motifs is 1. The Kier molecular flexibility index (Phi) is 3.42. The highest BCUT2D eigenvalue weighted by molar-refractivity contribution is 5.48. The van der Waals surface area contributed by atoms with Gasteiger partial charge in [-0.25, -0.2) is 0 Å². The molecule has 2 bridgehead atoms. The predicted octanol–water partition coefficient (Wildman–Crippen LogP) is 4.71. The minimum absolute atomic E-state index is 0.191. The fraction of sp³-hybridized carbons (Fsp3) is 0.652. The molecule has 134 valence electrons. The van der Waals surface area contributed by atoms with Crippen LogP contribution in [-0.4, -0.2) is 17.2 Å². The molecular formula is C23H31NO. The van der Waals surface area contributed by atoms with Gasteiger partial charge in [0.05, 0.1) is 0 Å². The lowest BCUT2D eigenvalue weighted by Crippen LogP contribution is -2.70. The van der Waals surface area contributed by atoms with Gasteiger partial charge in [-0.3, -0.25) is 0 Å². The van der Waals surface area contributed by atoms with Gasteiger partial charge >= 0.3 is 0 Å². The van der Waals surface area contributed by atoms with Gasteiger partial charge in [0.15, 0.2) is 0 Å². The summed E-state index contributed by atoms with van der Waals surface area (Å²) in [5.41, 5.74) is 4.78. The second-order valence-electron chi connectivity index (χ2n) is 9.59. The van der Waals surface area contributed by atoms with Crippen molar-refractivity contribution in [3.05, 3.63) is 41.5 Å². The summed E-state index contributed by atoms with van der Waals surface area (Å²) in [5, 5.41) is 14.3. The normalized spacial score (nSPS) is 40.1. The van der Waals surface area contributed by atoms with Crippen LogP contribution in [0.15, 0.2) is 30.4 Å². The minimum atomic E-state index is 0.191. The van der Waals surface area contributed by atoms with Crippen LogP contribution in [0.2, 0.25) is 0 Å². The van der Waals surface area contributed by atoms with E-state index in [4.69, 9.17) is 0 Å². The Bertz CT molecular complexity index is 721. The van der Waals surface area contributed by atoms with Crippen molar-refractivity contribution in [2.24, 2.45) is 17.8 Å². The fourth-order valence-electron chi connectivity index (χ4n) is 7.28. The van der Waals surface area contributed by atoms with Crippen molar-refractivity contribution in [1.29, 1.82) is 0 Å². The van der Waals surface area contributed by atoms with Gasteiger partial charge in [-0.1, -0.05) is 44.4 Å². The van der Waals surface area contributed by atoms with E-state index in [0.29, 0.717) is 17.6 Å². The van der Waals surface area contributed by atoms with E-state index in [0.717, 1.165) is 25.3 Å². The summed E-state index contributed by atoms with van der Waals surface area (Å²) in [6.07, 6.45) is 10.2. The molecular weight excluding hydrogens is 306 g/mol. The molecule has 3 fully saturated rings. The zero-order valence-electron chi connectivity index (χ0n) is 15.5. The van der Waals surface area contributed by atoms with E-state index < -0.39 is 0 Å². The van der Waals surface area contributed by atoms with Gasteiger partial charge < -0.3 is 10.4 Å². The van der Waals surface area contributed by atoms with E-state index in [9.17, 15) is 5.11 Å². The fourth-order valence-corrected chi connectivity index (χ4v) is 7.28. The monoisotopic (exact) mass is 337 g/mol. The Balaban J connectivity index is 1.69. The number of allylic oxidation sites excluding steroid dienone is 1. The Morgan fingerprint density at radius 3 is 2.88 bits per heavy atom. The molecule has 4 aliphatic rings. The van der Waals surface area contributed by atoms with Crippen LogP contribution in [0.25, 0.3) is 0 Å². The smallest absolute Gasteiger partial charge is 0.115 e. The Morgan fingerprint density at radius 2 is 2.12 bits per heavy atom. The van der Waals surface area contributed by atoms with Crippen LogP contribution in [0.5, 0.6) is 5.75 Å². The number of nitrogens with one attached hydrogen (secondary N) is 1. The molecule has 1 saturated heterocycles. The van der Waals surface area contributed by atoms with E-state index in [1.165, 1.54) is 55.2 Å². The molecule has 0 radical (unpaired) electrons. The average Bonchev–Trinajstić information content (AvgIpc) is 2.51. The maximum absolute atomic E-state index is 10.2. The molecule has 1 aromatic carbocycles. The highest BCUT2D eigenvalue weighted by Crippen LogP contribution is 2.62. The Labute approximate surface area is 151 Å². The standard InChI is InChI=1S/C23H31NO/c1-15-10-16(2)21-22(12-15)8-9-24-23(21,13-17-4-3-5-17)14-18-6-7-19(25)11-20(18)22/h6-7,11,16-17,21,24-25H,1,3-5,8-10,12-14H2,2H3/t16-,21+,22+,23+/m0/s1. The largest absolute Gasteiger partial charge is 0.508 e. The Morgan fingerprint density at radius 1 is 1.28 bits per heavy atom. The van der Waals surface area contributed by atoms with E-state index in [1.807, 2.05) is 6.07 Å². The first-order chi connectivity index (χ1) is 12.0. The predicted molar refractivity (Wildman–Crippen MR) is 102 cm³/mol. The first-order valence-corrected chi connectivity index (χ1v) is 10.3. The average molecular weight is 338 g/mol. The molecule has 1 aliphatic heterocycles. The van der Waals surface area contributed by atoms with Crippen molar-refractivity contribution < 1.29 is 5.11 Å². The number of benzene rings is 1. The lowest BCUT2D eigenvalue weighted by Gasteiger charge is -2.65. The highest BCUT2D eigenvalue weighted by atomic mass is 16.3. The highest BCUT2D eigenvalue weighted by Gasteiger charge is 2.61. The number of piperidine rings is 1. The molecule has 0 unspecified atom stereocenters. The van der Waals surface area contributed by atoms with E-state index >= 15 is 0 Å². The quantitative estimate of drug-likeness (QED) is 0.766. The number of hydrogen-bond donors (Lipinski definition) is 2. The summed E-state index contributed by atoms with van der Waals surface area (Å²) < 4.78 is 0. The third-order valence-corrected chi connectivity index (χ3v) is 8.00. The van der Waals surface area contributed by atoms with Gasteiger partial charge in [0.2, 0.25) is 0 Å². The van der Waals surface area contributed by atoms with Crippen LogP contribution >= 0.6 is 0 Å². The first kappa shape index (κ1) is 15.9. The maximum atomic E-state index is 10.2. The summed E-state index contributed by atoms with van der Waals surface area (Å²) in [7, 11) is 0. The summed E-state index contributed by atoms with van der Waals surface area (Å²) >= 11 is 0. The van der Waals surface area contributed by atoms with Crippen LogP contribution in [0.1, 0.15) is 63.0 Å². The summed E-state index contributed by atoms with van der Waals surface area (Å²) in [6, 6.07) is 6.18. The van der Waals surface area contributed by atoms with Crippen LogP contribution in [0.4, 0.5) is 0 Å². The van der Waals surface area contributed by atoms with Crippen molar-refractivity contribution in [1.82, 2.24) is 5.32 Å². The SMILES string of the molecule is C=C1C[C@H](C)[C@H]2[C@@]3(CC4CCC4)Cc4ccc(O)cc4[C@@]2(CCN3)C1. The van der Waals surface area contributed by atoms with Gasteiger partial charge in [-0.2, -0.15) is 0 Å². The van der Waals surface area contributed by atoms with Gasteiger partial charge in [-0.05, 0) is 79.7 Å². The first-order valence-electron chi connectivity index (χ1n) is 10.3. The molecule has 4 atom stereocenters. The topological polar surface area (TPSA) is 32.3 Å². The van der Waals surface area contributed by atoms with Crippen molar-refractivity contribution in [2.75, 3.05) is 6.54 Å². The Hall–Kier alpha value is -1.28. The molecule has 2 heteroatoms. The molecule has 0 aromatic heterocycles. The van der Waals surface area contributed by atoms with E-state index in [1.54, 1.807) is 0 Å². The van der Waals surface area contributed by atoms with E-state index in [2.05, 4.69) is 31.0 Å². The zero-order valence-corrected chi connectivity index (χ0v) is 15.5. The molecule has 2 N–H and O–H groups in total. The number of rotatable bonds is 2. The van der Waals surface area contributed by atoms with Gasteiger partial charge in [0, 0.05) is 11.0 Å². The molecule has 3 aliphatic carbocycles. The zero-order chi connectivity index (χ0) is 17.2. The number of aromatic hydroxyl groups is 1. The molecule has 0 amide bonds. The number of phenols is 1. The molecule has 0 spiro atoms. The van der Waals surface area contributed by atoms with Crippen molar-refractivity contribution in [3.63, 3.8) is 0 Å². The maximum Gasteiger partial charge on any atom is 0.115 e. The molecule has 5 rings (SSSR count). The summed E-state index contributed by atoms with van der Waals surface area (Å²) in [4.78, 5) is 0. The molecule has 1 aromatic rings. The minimum Gasteiger partial charge on any atom is -0.508 e. The van der Waals surface area contributed by atoms with Gasteiger partial charge in [0.25, 0.3) is 0 Å². The lowest BCUT2D eigenvalue weighted by molar-refractivity contribution is -0.0253. The van der Waals surface area contributed by atoms with Crippen molar-refractivity contribution in [2.45, 2.75) is 69.2 Å². The number of phenolic OH excluding ortho intramolecular Hbond substituents is 1. The second kappa shape index (κ2) is 5.36. The van der Waals surface area contributed by atoms with Crippen LogP contribution in [0, 0.1) is 17.8 Å². The van der Waals surface area contributed by atoms with Gasteiger partial charge in [-0.15, -0.1) is 0 Å². The van der Waals surface area contributed by atoms with Crippen LogP contribution in [-0.2, 0) is 11.8 Å². The third-order valence-electron chi connectivity index (χ3n) is 8.00. The molecule has 1 heterocycles.